The van der Waals surface area contributed by atoms with Gasteiger partial charge in [-0.05, 0) is 43.3 Å². The van der Waals surface area contributed by atoms with Crippen molar-refractivity contribution in [2.24, 2.45) is 0 Å². The zero-order chi connectivity index (χ0) is 17.8. The van der Waals surface area contributed by atoms with Gasteiger partial charge in [-0.2, -0.15) is 0 Å². The molecule has 2 aromatic carbocycles. The number of aromatic carboxylic acids is 1. The van der Waals surface area contributed by atoms with Crippen LogP contribution in [0.25, 0.3) is 0 Å². The summed E-state index contributed by atoms with van der Waals surface area (Å²) in [6, 6.07) is 14.2. The zero-order valence-electron chi connectivity index (χ0n) is 13.5. The topological polar surface area (TPSA) is 113 Å². The van der Waals surface area contributed by atoms with Crippen molar-refractivity contribution in [1.29, 1.82) is 0 Å². The second-order valence-electron chi connectivity index (χ2n) is 5.48. The van der Waals surface area contributed by atoms with Gasteiger partial charge in [0.15, 0.2) is 11.6 Å². The van der Waals surface area contributed by atoms with Crippen LogP contribution in [0.1, 0.15) is 15.9 Å². The smallest absolute Gasteiger partial charge is 0.335 e. The minimum absolute atomic E-state index is 0.211. The Kier molecular flexibility index (Phi) is 4.47. The molecule has 1 aromatic heterocycles. The summed E-state index contributed by atoms with van der Waals surface area (Å²) in [7, 11) is 0. The first-order valence-corrected chi connectivity index (χ1v) is 7.57. The van der Waals surface area contributed by atoms with Crippen LogP contribution in [0.5, 0.6) is 0 Å². The van der Waals surface area contributed by atoms with Gasteiger partial charge in [-0.15, -0.1) is 0 Å². The molecule has 0 fully saturated rings. The highest BCUT2D eigenvalue weighted by atomic mass is 16.4. The van der Waals surface area contributed by atoms with Crippen molar-refractivity contribution >= 4 is 34.7 Å². The van der Waals surface area contributed by atoms with E-state index in [9.17, 15) is 4.79 Å². The predicted octanol–water partition coefficient (Wildman–Crippen LogP) is 3.55. The Morgan fingerprint density at radius 3 is 1.88 bits per heavy atom. The highest BCUT2D eigenvalue weighted by molar-refractivity contribution is 5.88. The Balaban J connectivity index is 1.80. The van der Waals surface area contributed by atoms with Gasteiger partial charge in [0.05, 0.1) is 5.56 Å². The number of hydrogen-bond donors (Lipinski definition) is 4. The highest BCUT2D eigenvalue weighted by Gasteiger charge is 2.09. The van der Waals surface area contributed by atoms with Crippen LogP contribution >= 0.6 is 0 Å². The minimum Gasteiger partial charge on any atom is -0.478 e. The third-order valence-corrected chi connectivity index (χ3v) is 3.59. The second kappa shape index (κ2) is 6.88. The van der Waals surface area contributed by atoms with Crippen LogP contribution in [-0.4, -0.2) is 21.0 Å². The summed E-state index contributed by atoms with van der Waals surface area (Å²) in [6.45, 7) is 2.01. The summed E-state index contributed by atoms with van der Waals surface area (Å²) in [5, 5.41) is 15.2. The van der Waals surface area contributed by atoms with Gasteiger partial charge >= 0.3 is 5.97 Å². The Bertz CT molecular complexity index is 892. The Labute approximate surface area is 144 Å². The van der Waals surface area contributed by atoms with Crippen molar-refractivity contribution in [1.82, 2.24) is 9.97 Å². The van der Waals surface area contributed by atoms with E-state index in [1.54, 1.807) is 12.1 Å². The molecule has 0 bridgehead atoms. The molecular formula is C18H17N5O2. The predicted molar refractivity (Wildman–Crippen MR) is 97.6 cm³/mol. The van der Waals surface area contributed by atoms with E-state index in [2.05, 4.69) is 20.6 Å². The fourth-order valence-electron chi connectivity index (χ4n) is 2.20. The molecule has 0 atom stereocenters. The molecule has 0 aliphatic heterocycles. The number of anilines is 5. The Hall–Kier alpha value is -3.61. The molecular weight excluding hydrogens is 318 g/mol. The molecule has 7 nitrogen and oxygen atoms in total. The third-order valence-electron chi connectivity index (χ3n) is 3.59. The first kappa shape index (κ1) is 16.3. The number of carbonyl (C=O) groups is 1. The van der Waals surface area contributed by atoms with Crippen LogP contribution in [-0.2, 0) is 0 Å². The normalized spacial score (nSPS) is 10.3. The average molecular weight is 335 g/mol. The molecule has 0 aliphatic rings. The fourth-order valence-corrected chi connectivity index (χ4v) is 2.20. The first-order chi connectivity index (χ1) is 12.0. The minimum atomic E-state index is -0.974. The lowest BCUT2D eigenvalue weighted by Gasteiger charge is -2.13. The number of benzene rings is 2. The maximum Gasteiger partial charge on any atom is 0.335 e. The summed E-state index contributed by atoms with van der Waals surface area (Å²) < 4.78 is 0. The van der Waals surface area contributed by atoms with Crippen molar-refractivity contribution < 1.29 is 9.90 Å². The standard InChI is InChI=1S/C18H17N5O2/c1-11-2-6-13(7-3-11)22-16-15(19)17(21-10-20-16)23-14-8-4-12(5-9-14)18(24)25/h2-10H,19H2,1H3,(H,24,25)(H2,20,21,22,23). The number of aromatic nitrogens is 2. The number of rotatable bonds is 5. The van der Waals surface area contributed by atoms with E-state index in [1.165, 1.54) is 18.5 Å². The Morgan fingerprint density at radius 2 is 1.40 bits per heavy atom. The molecule has 0 aliphatic carbocycles. The lowest BCUT2D eigenvalue weighted by molar-refractivity contribution is 0.0697. The first-order valence-electron chi connectivity index (χ1n) is 7.57. The maximum absolute atomic E-state index is 10.9. The van der Waals surface area contributed by atoms with Crippen molar-refractivity contribution in [3.63, 3.8) is 0 Å². The number of carboxylic acids is 1. The van der Waals surface area contributed by atoms with Crippen LogP contribution in [0.15, 0.2) is 54.9 Å². The second-order valence-corrected chi connectivity index (χ2v) is 5.48. The van der Waals surface area contributed by atoms with E-state index in [4.69, 9.17) is 10.8 Å². The number of hydrogen-bond acceptors (Lipinski definition) is 6. The zero-order valence-corrected chi connectivity index (χ0v) is 13.5. The van der Waals surface area contributed by atoms with E-state index in [0.717, 1.165) is 11.3 Å². The molecule has 25 heavy (non-hydrogen) atoms. The van der Waals surface area contributed by atoms with Crippen molar-refractivity contribution in [2.75, 3.05) is 16.4 Å². The molecule has 0 spiro atoms. The van der Waals surface area contributed by atoms with Gasteiger partial charge in [0.2, 0.25) is 0 Å². The lowest BCUT2D eigenvalue weighted by Crippen LogP contribution is -2.05. The van der Waals surface area contributed by atoms with Gasteiger partial charge in [0.1, 0.15) is 12.0 Å². The number of nitrogens with two attached hydrogens (primary N) is 1. The lowest BCUT2D eigenvalue weighted by atomic mass is 10.2. The fraction of sp³-hybridized carbons (Fsp3) is 0.0556. The van der Waals surface area contributed by atoms with Crippen LogP contribution in [0.3, 0.4) is 0 Å². The molecule has 3 rings (SSSR count). The van der Waals surface area contributed by atoms with Crippen molar-refractivity contribution in [3.05, 3.63) is 66.0 Å². The summed E-state index contributed by atoms with van der Waals surface area (Å²) in [5.74, 6) is -0.0473. The SMILES string of the molecule is Cc1ccc(Nc2ncnc(Nc3ccc(C(=O)O)cc3)c2N)cc1. The maximum atomic E-state index is 10.9. The van der Waals surface area contributed by atoms with Crippen LogP contribution < -0.4 is 16.4 Å². The third kappa shape index (κ3) is 3.84. The number of aryl methyl sites for hydroxylation is 1. The Morgan fingerprint density at radius 1 is 0.920 bits per heavy atom. The van der Waals surface area contributed by atoms with Gasteiger partial charge in [-0.1, -0.05) is 17.7 Å². The summed E-state index contributed by atoms with van der Waals surface area (Å²) >= 11 is 0. The van der Waals surface area contributed by atoms with Crippen LogP contribution in [0, 0.1) is 6.92 Å². The summed E-state index contributed by atoms with van der Waals surface area (Å²) in [5.41, 5.74) is 9.43. The molecule has 0 amide bonds. The molecule has 1 heterocycles. The van der Waals surface area contributed by atoms with E-state index < -0.39 is 5.97 Å². The van der Waals surface area contributed by atoms with Crippen molar-refractivity contribution in [3.8, 4) is 0 Å². The van der Waals surface area contributed by atoms with E-state index >= 15 is 0 Å². The molecule has 0 radical (unpaired) electrons. The molecule has 5 N–H and O–H groups in total. The molecule has 0 unspecified atom stereocenters. The number of nitrogens with one attached hydrogen (secondary N) is 2. The van der Waals surface area contributed by atoms with E-state index in [1.807, 2.05) is 31.2 Å². The number of nitrogens with zero attached hydrogens (tertiary/aromatic N) is 2. The summed E-state index contributed by atoms with van der Waals surface area (Å²) in [4.78, 5) is 19.2. The largest absolute Gasteiger partial charge is 0.478 e. The van der Waals surface area contributed by atoms with Gasteiger partial charge in [-0.25, -0.2) is 14.8 Å². The molecule has 0 saturated carbocycles. The molecule has 3 aromatic rings. The van der Waals surface area contributed by atoms with Crippen molar-refractivity contribution in [2.45, 2.75) is 6.92 Å². The van der Waals surface area contributed by atoms with Gasteiger partial charge < -0.3 is 21.5 Å². The molecule has 0 saturated heterocycles. The highest BCUT2D eigenvalue weighted by Crippen LogP contribution is 2.28. The van der Waals surface area contributed by atoms with Gasteiger partial charge in [0.25, 0.3) is 0 Å². The monoisotopic (exact) mass is 335 g/mol. The summed E-state index contributed by atoms with van der Waals surface area (Å²) in [6.07, 6.45) is 1.40. The molecule has 126 valence electrons. The number of nitrogen functional groups attached to an aromatic ring is 1. The van der Waals surface area contributed by atoms with Crippen LogP contribution in [0.2, 0.25) is 0 Å². The quantitative estimate of drug-likeness (QED) is 0.564. The van der Waals surface area contributed by atoms with Crippen LogP contribution in [0.4, 0.5) is 28.7 Å². The number of carboxylic acid groups (broad SMARTS) is 1. The average Bonchev–Trinajstić information content (AvgIpc) is 2.61. The van der Waals surface area contributed by atoms with E-state index in [-0.39, 0.29) is 5.56 Å². The molecule has 7 heteroatoms. The van der Waals surface area contributed by atoms with E-state index in [0.29, 0.717) is 23.0 Å². The van der Waals surface area contributed by atoms with Gasteiger partial charge in [-0.3, -0.25) is 0 Å². The van der Waals surface area contributed by atoms with Gasteiger partial charge in [0, 0.05) is 11.4 Å².